The first kappa shape index (κ1) is 12.8. The zero-order chi connectivity index (χ0) is 12.8. The topological polar surface area (TPSA) is 61.8 Å². The summed E-state index contributed by atoms with van der Waals surface area (Å²) < 4.78 is 14.0. The van der Waals surface area contributed by atoms with Crippen LogP contribution in [0.25, 0.3) is 0 Å². The maximum absolute atomic E-state index is 11.5. The molecule has 0 bridgehead atoms. The van der Waals surface area contributed by atoms with Gasteiger partial charge in [0.05, 0.1) is 19.8 Å². The van der Waals surface area contributed by atoms with E-state index in [9.17, 15) is 9.59 Å². The van der Waals surface area contributed by atoms with E-state index in [-0.39, 0.29) is 11.3 Å². The maximum atomic E-state index is 11.5. The molecule has 0 fully saturated rings. The van der Waals surface area contributed by atoms with E-state index in [0.29, 0.717) is 5.75 Å². The first-order valence-electron chi connectivity index (χ1n) is 4.72. The molecule has 0 unspecified atom stereocenters. The van der Waals surface area contributed by atoms with Gasteiger partial charge in [-0.1, -0.05) is 0 Å². The van der Waals surface area contributed by atoms with Crippen LogP contribution in [0, 0.1) is 0 Å². The third-order valence-electron chi connectivity index (χ3n) is 1.95. The van der Waals surface area contributed by atoms with Crippen molar-refractivity contribution in [2.45, 2.75) is 0 Å². The Hall–Kier alpha value is -2.30. The minimum atomic E-state index is -0.785. The van der Waals surface area contributed by atoms with Crippen molar-refractivity contribution in [1.29, 1.82) is 0 Å². The standard InChI is InChI=1S/C12H12O5/c1-8(11(13)16-3)17-12(14)9-4-6-10(15-2)7-5-9/h4-7H,1H2,2-3H3. The van der Waals surface area contributed by atoms with Crippen LogP contribution >= 0.6 is 0 Å². The normalized spacial score (nSPS) is 9.29. The number of ether oxygens (including phenoxy) is 3. The summed E-state index contributed by atoms with van der Waals surface area (Å²) in [7, 11) is 2.70. The van der Waals surface area contributed by atoms with Crippen molar-refractivity contribution in [3.63, 3.8) is 0 Å². The lowest BCUT2D eigenvalue weighted by Gasteiger charge is -2.05. The summed E-state index contributed by atoms with van der Waals surface area (Å²) in [4.78, 5) is 22.5. The molecule has 5 heteroatoms. The van der Waals surface area contributed by atoms with E-state index in [1.54, 1.807) is 12.1 Å². The number of hydrogen-bond acceptors (Lipinski definition) is 5. The Morgan fingerprint density at radius 1 is 1.12 bits per heavy atom. The van der Waals surface area contributed by atoms with Crippen molar-refractivity contribution in [1.82, 2.24) is 0 Å². The molecule has 0 atom stereocenters. The number of methoxy groups -OCH3 is 2. The van der Waals surface area contributed by atoms with Crippen LogP contribution in [-0.4, -0.2) is 26.2 Å². The van der Waals surface area contributed by atoms with Crippen molar-refractivity contribution in [2.24, 2.45) is 0 Å². The predicted octanol–water partition coefficient (Wildman–Crippen LogP) is 1.54. The number of carbonyl (C=O) groups excluding carboxylic acids is 2. The maximum Gasteiger partial charge on any atom is 0.373 e. The van der Waals surface area contributed by atoms with Crippen LogP contribution < -0.4 is 4.74 Å². The Labute approximate surface area is 98.6 Å². The largest absolute Gasteiger partial charge is 0.497 e. The van der Waals surface area contributed by atoms with Gasteiger partial charge < -0.3 is 14.2 Å². The zero-order valence-electron chi connectivity index (χ0n) is 9.56. The van der Waals surface area contributed by atoms with Crippen molar-refractivity contribution >= 4 is 11.9 Å². The van der Waals surface area contributed by atoms with Gasteiger partial charge >= 0.3 is 11.9 Å². The highest BCUT2D eigenvalue weighted by molar-refractivity contribution is 5.95. The van der Waals surface area contributed by atoms with Crippen molar-refractivity contribution in [3.05, 3.63) is 42.2 Å². The van der Waals surface area contributed by atoms with E-state index >= 15 is 0 Å². The number of hydrogen-bond donors (Lipinski definition) is 0. The van der Waals surface area contributed by atoms with Crippen LogP contribution in [0.5, 0.6) is 5.75 Å². The number of esters is 2. The van der Waals surface area contributed by atoms with Crippen molar-refractivity contribution in [2.75, 3.05) is 14.2 Å². The fourth-order valence-electron chi connectivity index (χ4n) is 1.05. The Kier molecular flexibility index (Phi) is 4.28. The zero-order valence-corrected chi connectivity index (χ0v) is 9.56. The molecule has 90 valence electrons. The van der Waals surface area contributed by atoms with E-state index in [0.717, 1.165) is 0 Å². The van der Waals surface area contributed by atoms with Gasteiger partial charge in [-0.15, -0.1) is 0 Å². The molecule has 0 aliphatic heterocycles. The molecular weight excluding hydrogens is 224 g/mol. The SMILES string of the molecule is C=C(OC(=O)c1ccc(OC)cc1)C(=O)OC. The molecule has 0 N–H and O–H groups in total. The average Bonchev–Trinajstić information content (AvgIpc) is 2.37. The van der Waals surface area contributed by atoms with Crippen LogP contribution in [-0.2, 0) is 14.3 Å². The second kappa shape index (κ2) is 5.69. The summed E-state index contributed by atoms with van der Waals surface area (Å²) in [6, 6.07) is 6.26. The lowest BCUT2D eigenvalue weighted by Crippen LogP contribution is -2.12. The third-order valence-corrected chi connectivity index (χ3v) is 1.95. The molecule has 0 aromatic heterocycles. The highest BCUT2D eigenvalue weighted by Crippen LogP contribution is 2.13. The quantitative estimate of drug-likeness (QED) is 0.451. The van der Waals surface area contributed by atoms with Gasteiger partial charge in [-0.3, -0.25) is 0 Å². The molecule has 0 radical (unpaired) electrons. The highest BCUT2D eigenvalue weighted by atomic mass is 16.6. The molecule has 1 aromatic carbocycles. The summed E-state index contributed by atoms with van der Waals surface area (Å²) in [5.41, 5.74) is 0.288. The van der Waals surface area contributed by atoms with Gasteiger partial charge in [0.15, 0.2) is 0 Å². The summed E-state index contributed by atoms with van der Waals surface area (Å²) in [6.07, 6.45) is 0. The molecule has 0 heterocycles. The molecular formula is C12H12O5. The summed E-state index contributed by atoms with van der Waals surface area (Å²) in [5.74, 6) is -1.20. The molecule has 1 aromatic rings. The molecule has 5 nitrogen and oxygen atoms in total. The Balaban J connectivity index is 2.70. The van der Waals surface area contributed by atoms with Crippen LogP contribution in [0.2, 0.25) is 0 Å². The van der Waals surface area contributed by atoms with Crippen LogP contribution in [0.3, 0.4) is 0 Å². The van der Waals surface area contributed by atoms with Crippen LogP contribution in [0.15, 0.2) is 36.6 Å². The Bertz CT molecular complexity index is 433. The molecule has 17 heavy (non-hydrogen) atoms. The molecule has 0 spiro atoms. The van der Waals surface area contributed by atoms with Gasteiger partial charge in [-0.25, -0.2) is 9.59 Å². The Morgan fingerprint density at radius 2 is 1.71 bits per heavy atom. The van der Waals surface area contributed by atoms with E-state index in [1.165, 1.54) is 26.4 Å². The van der Waals surface area contributed by atoms with Crippen LogP contribution in [0.1, 0.15) is 10.4 Å². The fraction of sp³-hybridized carbons (Fsp3) is 0.167. The molecule has 0 saturated carbocycles. The van der Waals surface area contributed by atoms with Gasteiger partial charge in [0.25, 0.3) is 0 Å². The molecule has 1 rings (SSSR count). The van der Waals surface area contributed by atoms with Gasteiger partial charge in [-0.05, 0) is 30.8 Å². The van der Waals surface area contributed by atoms with Crippen molar-refractivity contribution < 1.29 is 23.8 Å². The number of carbonyl (C=O) groups is 2. The lowest BCUT2D eigenvalue weighted by molar-refractivity contribution is -0.139. The van der Waals surface area contributed by atoms with E-state index in [2.05, 4.69) is 11.3 Å². The smallest absolute Gasteiger partial charge is 0.373 e. The third kappa shape index (κ3) is 3.34. The summed E-state index contributed by atoms with van der Waals surface area (Å²) in [6.45, 7) is 3.28. The van der Waals surface area contributed by atoms with Gasteiger partial charge in [0, 0.05) is 0 Å². The lowest BCUT2D eigenvalue weighted by atomic mass is 10.2. The van der Waals surface area contributed by atoms with Crippen LogP contribution in [0.4, 0.5) is 0 Å². The first-order valence-corrected chi connectivity index (χ1v) is 4.72. The van der Waals surface area contributed by atoms with Crippen molar-refractivity contribution in [3.8, 4) is 5.75 Å². The summed E-state index contributed by atoms with van der Waals surface area (Å²) >= 11 is 0. The monoisotopic (exact) mass is 236 g/mol. The second-order valence-corrected chi connectivity index (χ2v) is 3.03. The molecule has 0 amide bonds. The van der Waals surface area contributed by atoms with Gasteiger partial charge in [0.1, 0.15) is 5.75 Å². The van der Waals surface area contributed by atoms with Gasteiger partial charge in [0.2, 0.25) is 5.76 Å². The average molecular weight is 236 g/mol. The number of benzene rings is 1. The highest BCUT2D eigenvalue weighted by Gasteiger charge is 2.14. The predicted molar refractivity (Wildman–Crippen MR) is 59.6 cm³/mol. The van der Waals surface area contributed by atoms with Gasteiger partial charge in [-0.2, -0.15) is 0 Å². The number of rotatable bonds is 4. The molecule has 0 aliphatic carbocycles. The first-order chi connectivity index (χ1) is 8.08. The van der Waals surface area contributed by atoms with E-state index in [4.69, 9.17) is 9.47 Å². The Morgan fingerprint density at radius 3 is 2.18 bits per heavy atom. The fourth-order valence-corrected chi connectivity index (χ4v) is 1.05. The minimum absolute atomic E-state index is 0.288. The summed E-state index contributed by atoms with van der Waals surface area (Å²) in [5, 5.41) is 0. The van der Waals surface area contributed by atoms with E-state index < -0.39 is 11.9 Å². The second-order valence-electron chi connectivity index (χ2n) is 3.03. The molecule has 0 aliphatic rings. The minimum Gasteiger partial charge on any atom is -0.497 e. The van der Waals surface area contributed by atoms with E-state index in [1.807, 2.05) is 0 Å². The molecule has 0 saturated heterocycles.